The highest BCUT2D eigenvalue weighted by Crippen LogP contribution is 2.33. The molecule has 3 heteroatoms. The topological polar surface area (TPSA) is 35.8 Å². The molecule has 1 atom stereocenters. The van der Waals surface area contributed by atoms with Crippen LogP contribution in [-0.4, -0.2) is 0 Å². The number of benzene rings is 1. The molecule has 2 nitrogen and oxygen atoms in total. The van der Waals surface area contributed by atoms with Gasteiger partial charge in [-0.25, -0.2) is 0 Å². The van der Waals surface area contributed by atoms with Crippen molar-refractivity contribution in [3.8, 4) is 6.07 Å². The fourth-order valence-electron chi connectivity index (χ4n) is 1.87. The van der Waals surface area contributed by atoms with Crippen molar-refractivity contribution in [2.75, 3.05) is 0 Å². The Balaban J connectivity index is 2.50. The van der Waals surface area contributed by atoms with Gasteiger partial charge in [-0.05, 0) is 30.0 Å². The fourth-order valence-corrected chi connectivity index (χ4v) is 2.52. The van der Waals surface area contributed by atoms with Crippen LogP contribution in [0.1, 0.15) is 29.2 Å². The summed E-state index contributed by atoms with van der Waals surface area (Å²) in [7, 11) is 0. The molecule has 0 fully saturated rings. The van der Waals surface area contributed by atoms with Gasteiger partial charge in [0, 0.05) is 28.9 Å². The molecule has 1 aromatic carbocycles. The van der Waals surface area contributed by atoms with E-state index in [2.05, 4.69) is 38.5 Å². The third-order valence-corrected chi connectivity index (χ3v) is 3.27. The molecule has 66 valence electrons. The fraction of sp³-hybridized carbons (Fsp3) is 0.300. The van der Waals surface area contributed by atoms with E-state index < -0.39 is 0 Å². The van der Waals surface area contributed by atoms with Gasteiger partial charge in [-0.1, -0.05) is 12.1 Å². The maximum Gasteiger partial charge on any atom is 0.0994 e. The number of hydrogen-bond acceptors (Lipinski definition) is 2. The van der Waals surface area contributed by atoms with E-state index in [1.807, 2.05) is 12.1 Å². The van der Waals surface area contributed by atoms with Crippen LogP contribution >= 0.6 is 22.9 Å². The lowest BCUT2D eigenvalue weighted by molar-refractivity contribution is 0.684. The molecule has 0 aliphatic heterocycles. The van der Waals surface area contributed by atoms with Gasteiger partial charge >= 0.3 is 0 Å². The van der Waals surface area contributed by atoms with E-state index in [0.717, 1.165) is 18.4 Å². The summed E-state index contributed by atoms with van der Waals surface area (Å²) in [6.45, 7) is 0. The zero-order valence-electron chi connectivity index (χ0n) is 7.05. The Labute approximate surface area is 91.4 Å². The average molecular weight is 284 g/mol. The molecule has 0 unspecified atom stereocenters. The van der Waals surface area contributed by atoms with Crippen LogP contribution in [0.3, 0.4) is 0 Å². The lowest BCUT2D eigenvalue weighted by Gasteiger charge is -2.07. The van der Waals surface area contributed by atoms with Crippen LogP contribution in [0.2, 0.25) is 0 Å². The molecular formula is C10H9IN2. The summed E-state index contributed by atoms with van der Waals surface area (Å²) < 4.78 is 3.23. The van der Waals surface area contributed by atoms with E-state index in [4.69, 9.17) is 5.26 Å². The second-order valence-electron chi connectivity index (χ2n) is 3.19. The Morgan fingerprint density at radius 3 is 3.08 bits per heavy atom. The summed E-state index contributed by atoms with van der Waals surface area (Å²) in [6.07, 6.45) is 2.14. The largest absolute Gasteiger partial charge is 0.254 e. The standard InChI is InChI=1S/C10H9IN2/c11-13-10-5-4-8-7(6-12)2-1-3-9(8)10/h1-3,10,13H,4-5H2/t10-/m1/s1. The maximum absolute atomic E-state index is 8.89. The van der Waals surface area contributed by atoms with Crippen LogP contribution in [0.15, 0.2) is 18.2 Å². The maximum atomic E-state index is 8.89. The van der Waals surface area contributed by atoms with E-state index >= 15 is 0 Å². The highest BCUT2D eigenvalue weighted by Gasteiger charge is 2.23. The van der Waals surface area contributed by atoms with Gasteiger partial charge in [-0.15, -0.1) is 0 Å². The predicted octanol–water partition coefficient (Wildman–Crippen LogP) is 2.49. The average Bonchev–Trinajstić information content (AvgIpc) is 2.60. The van der Waals surface area contributed by atoms with E-state index in [-0.39, 0.29) is 0 Å². The Hall–Kier alpha value is -0.600. The van der Waals surface area contributed by atoms with Crippen molar-refractivity contribution in [2.24, 2.45) is 0 Å². The predicted molar refractivity (Wildman–Crippen MR) is 59.4 cm³/mol. The van der Waals surface area contributed by atoms with Crippen molar-refractivity contribution in [2.45, 2.75) is 18.9 Å². The monoisotopic (exact) mass is 284 g/mol. The van der Waals surface area contributed by atoms with Gasteiger partial charge in [-0.2, -0.15) is 5.26 Å². The van der Waals surface area contributed by atoms with Gasteiger partial charge in [-0.3, -0.25) is 3.53 Å². The van der Waals surface area contributed by atoms with Crippen LogP contribution in [0, 0.1) is 11.3 Å². The molecular weight excluding hydrogens is 275 g/mol. The first-order chi connectivity index (χ1) is 6.36. The Morgan fingerprint density at radius 1 is 1.54 bits per heavy atom. The SMILES string of the molecule is N#Cc1cccc2c1CC[C@H]2NI. The zero-order valence-corrected chi connectivity index (χ0v) is 9.21. The third kappa shape index (κ3) is 1.45. The van der Waals surface area contributed by atoms with Crippen molar-refractivity contribution >= 4 is 22.9 Å². The lowest BCUT2D eigenvalue weighted by atomic mass is 10.0. The number of nitriles is 1. The molecule has 0 amide bonds. The normalized spacial score (nSPS) is 19.5. The van der Waals surface area contributed by atoms with Gasteiger partial charge in [0.2, 0.25) is 0 Å². The summed E-state index contributed by atoms with van der Waals surface area (Å²) >= 11 is 2.18. The first kappa shape index (κ1) is 8.97. The quantitative estimate of drug-likeness (QED) is 0.635. The van der Waals surface area contributed by atoms with Crippen LogP contribution in [0.4, 0.5) is 0 Å². The number of rotatable bonds is 1. The van der Waals surface area contributed by atoms with E-state index in [1.165, 1.54) is 11.1 Å². The molecule has 0 saturated carbocycles. The van der Waals surface area contributed by atoms with Crippen molar-refractivity contribution in [3.63, 3.8) is 0 Å². The van der Waals surface area contributed by atoms with E-state index in [9.17, 15) is 0 Å². The smallest absolute Gasteiger partial charge is 0.0994 e. The number of hydrogen-bond donors (Lipinski definition) is 1. The minimum Gasteiger partial charge on any atom is -0.254 e. The Bertz CT molecular complexity index is 368. The highest BCUT2D eigenvalue weighted by molar-refractivity contribution is 14.1. The summed E-state index contributed by atoms with van der Waals surface area (Å²) in [6, 6.07) is 8.65. The number of nitrogens with zero attached hydrogens (tertiary/aromatic N) is 1. The molecule has 1 N–H and O–H groups in total. The second kappa shape index (κ2) is 3.64. The minimum atomic E-state index is 0.434. The molecule has 0 spiro atoms. The molecule has 0 heterocycles. The molecule has 1 aliphatic rings. The van der Waals surface area contributed by atoms with Gasteiger partial charge in [0.25, 0.3) is 0 Å². The Morgan fingerprint density at radius 2 is 2.38 bits per heavy atom. The van der Waals surface area contributed by atoms with Crippen molar-refractivity contribution in [1.29, 1.82) is 5.26 Å². The van der Waals surface area contributed by atoms with Crippen LogP contribution in [0.25, 0.3) is 0 Å². The van der Waals surface area contributed by atoms with Gasteiger partial charge < -0.3 is 0 Å². The third-order valence-electron chi connectivity index (χ3n) is 2.52. The van der Waals surface area contributed by atoms with E-state index in [0.29, 0.717) is 6.04 Å². The molecule has 1 aromatic rings. The molecule has 0 radical (unpaired) electrons. The summed E-state index contributed by atoms with van der Waals surface area (Å²) in [5, 5.41) is 8.89. The van der Waals surface area contributed by atoms with Crippen molar-refractivity contribution in [1.82, 2.24) is 3.53 Å². The number of halogens is 1. The molecule has 2 rings (SSSR count). The molecule has 0 bridgehead atoms. The summed E-state index contributed by atoms with van der Waals surface area (Å²) in [5.41, 5.74) is 3.37. The summed E-state index contributed by atoms with van der Waals surface area (Å²) in [4.78, 5) is 0. The first-order valence-electron chi connectivity index (χ1n) is 4.25. The lowest BCUT2D eigenvalue weighted by Crippen LogP contribution is -2.05. The highest BCUT2D eigenvalue weighted by atomic mass is 127. The van der Waals surface area contributed by atoms with E-state index in [1.54, 1.807) is 0 Å². The summed E-state index contributed by atoms with van der Waals surface area (Å²) in [5.74, 6) is 0. The molecule has 1 aliphatic carbocycles. The molecule has 13 heavy (non-hydrogen) atoms. The van der Waals surface area contributed by atoms with Crippen molar-refractivity contribution < 1.29 is 0 Å². The minimum absolute atomic E-state index is 0.434. The van der Waals surface area contributed by atoms with Gasteiger partial charge in [0.05, 0.1) is 11.6 Å². The second-order valence-corrected chi connectivity index (χ2v) is 3.81. The van der Waals surface area contributed by atoms with Crippen molar-refractivity contribution in [3.05, 3.63) is 34.9 Å². The number of nitrogens with one attached hydrogen (secondary N) is 1. The Kier molecular flexibility index (Phi) is 2.51. The van der Waals surface area contributed by atoms with Crippen LogP contribution in [0.5, 0.6) is 0 Å². The van der Waals surface area contributed by atoms with Crippen LogP contribution < -0.4 is 3.53 Å². The zero-order chi connectivity index (χ0) is 9.26. The molecule has 0 saturated heterocycles. The number of fused-ring (bicyclic) bond motifs is 1. The van der Waals surface area contributed by atoms with Gasteiger partial charge in [0.15, 0.2) is 0 Å². The first-order valence-corrected chi connectivity index (χ1v) is 5.32. The molecule has 0 aromatic heterocycles. The van der Waals surface area contributed by atoms with Gasteiger partial charge in [0.1, 0.15) is 0 Å². The van der Waals surface area contributed by atoms with Crippen LogP contribution in [-0.2, 0) is 6.42 Å².